The smallest absolute Gasteiger partial charge is 0.401 e. The van der Waals surface area contributed by atoms with E-state index in [-0.39, 0.29) is 31.6 Å². The molecule has 2 heterocycles. The highest BCUT2D eigenvalue weighted by molar-refractivity contribution is 7.92. The van der Waals surface area contributed by atoms with Gasteiger partial charge in [-0.2, -0.15) is 13.2 Å². The quantitative estimate of drug-likeness (QED) is 0.243. The number of aromatic nitrogens is 2. The molecule has 7 nitrogen and oxygen atoms in total. The van der Waals surface area contributed by atoms with Gasteiger partial charge in [-0.25, -0.2) is 13.4 Å². The number of aromatic amines is 1. The first-order valence-electron chi connectivity index (χ1n) is 12.8. The molecule has 2 aromatic carbocycles. The predicted octanol–water partition coefficient (Wildman–Crippen LogP) is 5.25. The Morgan fingerprint density at radius 2 is 1.95 bits per heavy atom. The fraction of sp³-hybridized carbons (Fsp3) is 0.393. The number of aryl methyl sites for hydroxylation is 1. The van der Waals surface area contributed by atoms with Crippen molar-refractivity contribution in [3.8, 4) is 16.9 Å². The fourth-order valence-electron chi connectivity index (χ4n) is 4.87. The van der Waals surface area contributed by atoms with E-state index in [1.807, 2.05) is 25.1 Å². The van der Waals surface area contributed by atoms with Gasteiger partial charge < -0.3 is 14.8 Å². The molecule has 1 aliphatic carbocycles. The molecule has 4 aromatic rings. The van der Waals surface area contributed by atoms with Crippen molar-refractivity contribution in [3.05, 3.63) is 54.2 Å². The molecule has 2 aromatic heterocycles. The second kappa shape index (κ2) is 10.8. The SMILES string of the molecule is Cc1cnc2[nH]c3c(OCCCN(CCO)CC(F)(F)F)ccc(-c4cccc(S(=O)(=O)C5CC5)c4)c3c2c1. The molecule has 0 aliphatic heterocycles. The van der Waals surface area contributed by atoms with Crippen LogP contribution in [0.2, 0.25) is 0 Å². The molecule has 1 aliphatic rings. The lowest BCUT2D eigenvalue weighted by Gasteiger charge is -2.22. The summed E-state index contributed by atoms with van der Waals surface area (Å²) in [7, 11) is -3.37. The normalized spacial score (nSPS) is 14.5. The number of H-pyrrole nitrogens is 1. The number of ether oxygens (including phenoxy) is 1. The van der Waals surface area contributed by atoms with E-state index < -0.39 is 22.6 Å². The third-order valence-electron chi connectivity index (χ3n) is 6.84. The van der Waals surface area contributed by atoms with Crippen molar-refractivity contribution < 1.29 is 31.4 Å². The van der Waals surface area contributed by atoms with E-state index in [1.165, 1.54) is 0 Å². The Bertz CT molecular complexity index is 1600. The second-order valence-corrected chi connectivity index (χ2v) is 12.2. The number of alkyl halides is 3. The molecule has 0 radical (unpaired) electrons. The lowest BCUT2D eigenvalue weighted by molar-refractivity contribution is -0.147. The van der Waals surface area contributed by atoms with Gasteiger partial charge in [0, 0.05) is 30.1 Å². The minimum atomic E-state index is -4.34. The topological polar surface area (TPSA) is 95.5 Å². The van der Waals surface area contributed by atoms with E-state index in [4.69, 9.17) is 9.84 Å². The lowest BCUT2D eigenvalue weighted by atomic mass is 9.99. The third kappa shape index (κ3) is 6.05. The first kappa shape index (κ1) is 27.4. The van der Waals surface area contributed by atoms with Crippen LogP contribution in [0.3, 0.4) is 0 Å². The van der Waals surface area contributed by atoms with Gasteiger partial charge in [0.15, 0.2) is 9.84 Å². The molecule has 0 atom stereocenters. The molecule has 0 amide bonds. The van der Waals surface area contributed by atoms with Gasteiger partial charge in [-0.1, -0.05) is 12.1 Å². The number of benzene rings is 2. The first-order chi connectivity index (χ1) is 18.6. The molecular weight excluding hydrogens is 531 g/mol. The van der Waals surface area contributed by atoms with Crippen molar-refractivity contribution in [1.29, 1.82) is 0 Å². The average molecular weight is 562 g/mol. The maximum absolute atomic E-state index is 12.9. The second-order valence-electron chi connectivity index (χ2n) is 9.98. The maximum Gasteiger partial charge on any atom is 0.401 e. The van der Waals surface area contributed by atoms with Gasteiger partial charge in [0.1, 0.15) is 11.4 Å². The van der Waals surface area contributed by atoms with Crippen LogP contribution in [0.4, 0.5) is 13.2 Å². The van der Waals surface area contributed by atoms with Crippen molar-refractivity contribution in [2.45, 2.75) is 42.5 Å². The fourth-order valence-corrected chi connectivity index (χ4v) is 6.57. The summed E-state index contributed by atoms with van der Waals surface area (Å²) in [6.07, 6.45) is -0.896. The molecule has 1 saturated carbocycles. The molecule has 11 heteroatoms. The van der Waals surface area contributed by atoms with Crippen LogP contribution in [-0.2, 0) is 9.84 Å². The van der Waals surface area contributed by atoms with E-state index in [0.717, 1.165) is 32.4 Å². The summed E-state index contributed by atoms with van der Waals surface area (Å²) in [5, 5.41) is 10.5. The highest BCUT2D eigenvalue weighted by atomic mass is 32.2. The van der Waals surface area contributed by atoms with Crippen molar-refractivity contribution >= 4 is 31.8 Å². The van der Waals surface area contributed by atoms with Gasteiger partial charge in [-0.15, -0.1) is 0 Å². The summed E-state index contributed by atoms with van der Waals surface area (Å²) in [6, 6.07) is 12.6. The molecule has 0 unspecified atom stereocenters. The van der Waals surface area contributed by atoms with Crippen LogP contribution in [0.5, 0.6) is 5.75 Å². The number of pyridine rings is 1. The third-order valence-corrected chi connectivity index (χ3v) is 9.10. The van der Waals surface area contributed by atoms with Crippen molar-refractivity contribution in [2.75, 3.05) is 32.8 Å². The van der Waals surface area contributed by atoms with Gasteiger partial charge in [0.05, 0.1) is 35.4 Å². The zero-order chi connectivity index (χ0) is 27.8. The largest absolute Gasteiger partial charge is 0.491 e. The van der Waals surface area contributed by atoms with Crippen molar-refractivity contribution in [3.63, 3.8) is 0 Å². The number of sulfone groups is 1. The molecule has 0 bridgehead atoms. The standard InChI is InChI=1S/C28H30F3N3O4S/c1-18-14-23-25-22(19-4-2-5-21(15-19)39(36,37)20-6-7-20)8-9-24(26(25)33-27(23)32-16-18)38-13-3-10-34(11-12-35)17-28(29,30)31/h2,4-5,8-9,14-16,20,35H,3,6-7,10-13,17H2,1H3,(H,32,33). The first-order valence-corrected chi connectivity index (χ1v) is 14.4. The van der Waals surface area contributed by atoms with Crippen LogP contribution in [0, 0.1) is 6.92 Å². The highest BCUT2D eigenvalue weighted by Crippen LogP contribution is 2.40. The molecular formula is C28H30F3N3O4S. The van der Waals surface area contributed by atoms with Gasteiger partial charge >= 0.3 is 6.18 Å². The number of rotatable bonds is 11. The van der Waals surface area contributed by atoms with E-state index in [9.17, 15) is 21.6 Å². The average Bonchev–Trinajstić information content (AvgIpc) is 3.68. The number of aliphatic hydroxyl groups is 1. The molecule has 0 saturated heterocycles. The van der Waals surface area contributed by atoms with Crippen molar-refractivity contribution in [1.82, 2.24) is 14.9 Å². The van der Waals surface area contributed by atoms with Crippen LogP contribution in [0.15, 0.2) is 53.6 Å². The molecule has 39 heavy (non-hydrogen) atoms. The van der Waals surface area contributed by atoms with E-state index >= 15 is 0 Å². The summed E-state index contributed by atoms with van der Waals surface area (Å²) >= 11 is 0. The van der Waals surface area contributed by atoms with Gasteiger partial charge in [0.25, 0.3) is 0 Å². The van der Waals surface area contributed by atoms with Crippen LogP contribution >= 0.6 is 0 Å². The Hall–Kier alpha value is -3.15. The molecule has 2 N–H and O–H groups in total. The van der Waals surface area contributed by atoms with Crippen molar-refractivity contribution in [2.24, 2.45) is 0 Å². The number of aliphatic hydroxyl groups excluding tert-OH is 1. The number of nitrogens with one attached hydrogen (secondary N) is 1. The summed E-state index contributed by atoms with van der Waals surface area (Å²) in [4.78, 5) is 9.28. The van der Waals surface area contributed by atoms with E-state index in [2.05, 4.69) is 9.97 Å². The minimum absolute atomic E-state index is 0.0684. The van der Waals surface area contributed by atoms with E-state index in [0.29, 0.717) is 41.1 Å². The Labute approximate surface area is 224 Å². The number of hydrogen-bond donors (Lipinski definition) is 2. The number of nitrogens with zero attached hydrogens (tertiary/aromatic N) is 2. The van der Waals surface area contributed by atoms with Crippen LogP contribution in [0.1, 0.15) is 24.8 Å². The van der Waals surface area contributed by atoms with Gasteiger partial charge in [-0.05, 0) is 73.2 Å². The molecule has 208 valence electrons. The predicted molar refractivity (Wildman–Crippen MR) is 144 cm³/mol. The Kier molecular flexibility index (Phi) is 7.58. The monoisotopic (exact) mass is 561 g/mol. The Balaban J connectivity index is 1.46. The summed E-state index contributed by atoms with van der Waals surface area (Å²) in [6.45, 7) is 0.717. The zero-order valence-electron chi connectivity index (χ0n) is 21.5. The Morgan fingerprint density at radius 1 is 1.15 bits per heavy atom. The maximum atomic E-state index is 12.9. The van der Waals surface area contributed by atoms with Crippen LogP contribution < -0.4 is 4.74 Å². The van der Waals surface area contributed by atoms with Crippen LogP contribution in [0.25, 0.3) is 33.1 Å². The minimum Gasteiger partial charge on any atom is -0.491 e. The number of fused-ring (bicyclic) bond motifs is 3. The van der Waals surface area contributed by atoms with Gasteiger partial charge in [-0.3, -0.25) is 4.90 Å². The molecule has 0 spiro atoms. The summed E-state index contributed by atoms with van der Waals surface area (Å²) < 4.78 is 70.3. The molecule has 1 fully saturated rings. The lowest BCUT2D eigenvalue weighted by Crippen LogP contribution is -2.37. The Morgan fingerprint density at radius 3 is 2.67 bits per heavy atom. The zero-order valence-corrected chi connectivity index (χ0v) is 22.3. The van der Waals surface area contributed by atoms with E-state index in [1.54, 1.807) is 30.5 Å². The van der Waals surface area contributed by atoms with Crippen LogP contribution in [-0.4, -0.2) is 72.7 Å². The highest BCUT2D eigenvalue weighted by Gasteiger charge is 2.37. The van der Waals surface area contributed by atoms with Gasteiger partial charge in [0.2, 0.25) is 0 Å². The number of hydrogen-bond acceptors (Lipinski definition) is 6. The summed E-state index contributed by atoms with van der Waals surface area (Å²) in [5.74, 6) is 0.524. The molecule has 5 rings (SSSR count). The summed E-state index contributed by atoms with van der Waals surface area (Å²) in [5.41, 5.74) is 3.86. The number of halogens is 3.